The van der Waals surface area contributed by atoms with Crippen LogP contribution in [0.4, 0.5) is 4.39 Å². The number of hydrogen-bond acceptors (Lipinski definition) is 4. The van der Waals surface area contributed by atoms with Crippen molar-refractivity contribution >= 4 is 28.8 Å². The quantitative estimate of drug-likeness (QED) is 0.284. The number of nitrogens with zero attached hydrogens (tertiary/aromatic N) is 2. The number of benzene rings is 3. The lowest BCUT2D eigenvalue weighted by Crippen LogP contribution is -2.04. The van der Waals surface area contributed by atoms with Crippen LogP contribution >= 0.6 is 11.8 Å². The van der Waals surface area contributed by atoms with Gasteiger partial charge in [-0.25, -0.2) is 14.2 Å². The lowest BCUT2D eigenvalue weighted by molar-refractivity contribution is 0.0526. The third-order valence-electron chi connectivity index (χ3n) is 4.69. The SMILES string of the molecule is CCOC(=O)c1ccc2c(c1)nc(SCc1ccc(F)cc1)n2Cc1ccccc1. The predicted molar refractivity (Wildman–Crippen MR) is 117 cm³/mol. The van der Waals surface area contributed by atoms with Crippen LogP contribution in [-0.4, -0.2) is 22.1 Å². The second-order valence-corrected chi connectivity index (χ2v) is 7.75. The van der Waals surface area contributed by atoms with E-state index < -0.39 is 0 Å². The molecule has 6 heteroatoms. The molecule has 3 aromatic carbocycles. The molecule has 4 nitrogen and oxygen atoms in total. The van der Waals surface area contributed by atoms with Crippen molar-refractivity contribution in [2.75, 3.05) is 6.61 Å². The number of carbonyl (C=O) groups excluding carboxylic acids is 1. The van der Waals surface area contributed by atoms with E-state index in [1.807, 2.05) is 24.3 Å². The van der Waals surface area contributed by atoms with Crippen molar-refractivity contribution in [2.24, 2.45) is 0 Å². The predicted octanol–water partition coefficient (Wildman–Crippen LogP) is 5.69. The van der Waals surface area contributed by atoms with Crippen LogP contribution in [0.5, 0.6) is 0 Å². The number of hydrogen-bond donors (Lipinski definition) is 0. The van der Waals surface area contributed by atoms with Crippen LogP contribution in [0.3, 0.4) is 0 Å². The first-order valence-electron chi connectivity index (χ1n) is 9.72. The smallest absolute Gasteiger partial charge is 0.338 e. The molecule has 0 fully saturated rings. The van der Waals surface area contributed by atoms with Gasteiger partial charge in [-0.3, -0.25) is 0 Å². The molecule has 4 rings (SSSR count). The lowest BCUT2D eigenvalue weighted by atomic mass is 10.2. The summed E-state index contributed by atoms with van der Waals surface area (Å²) in [4.78, 5) is 16.9. The van der Waals surface area contributed by atoms with Gasteiger partial charge < -0.3 is 9.30 Å². The average molecular weight is 421 g/mol. The van der Waals surface area contributed by atoms with Crippen molar-refractivity contribution in [1.82, 2.24) is 9.55 Å². The molecule has 30 heavy (non-hydrogen) atoms. The van der Waals surface area contributed by atoms with Crippen LogP contribution in [0.25, 0.3) is 11.0 Å². The van der Waals surface area contributed by atoms with Crippen molar-refractivity contribution < 1.29 is 13.9 Å². The summed E-state index contributed by atoms with van der Waals surface area (Å²) in [6.07, 6.45) is 0. The van der Waals surface area contributed by atoms with E-state index in [-0.39, 0.29) is 11.8 Å². The minimum Gasteiger partial charge on any atom is -0.462 e. The van der Waals surface area contributed by atoms with Gasteiger partial charge in [0.1, 0.15) is 5.82 Å². The summed E-state index contributed by atoms with van der Waals surface area (Å²) in [6, 6.07) is 22.1. The van der Waals surface area contributed by atoms with Crippen molar-refractivity contribution in [3.63, 3.8) is 0 Å². The number of carbonyl (C=O) groups is 1. The van der Waals surface area contributed by atoms with Gasteiger partial charge in [-0.2, -0.15) is 0 Å². The van der Waals surface area contributed by atoms with Crippen molar-refractivity contribution in [2.45, 2.75) is 24.4 Å². The standard InChI is InChI=1S/C24H21FN2O2S/c1-2-29-23(28)19-10-13-22-21(14-19)26-24(27(22)15-17-6-4-3-5-7-17)30-16-18-8-11-20(25)12-9-18/h3-14H,2,15-16H2,1H3. The first kappa shape index (κ1) is 20.2. The molecule has 4 aromatic rings. The topological polar surface area (TPSA) is 44.1 Å². The molecule has 0 aliphatic rings. The van der Waals surface area contributed by atoms with Crippen molar-refractivity contribution in [3.05, 3.63) is 95.3 Å². The molecule has 0 unspecified atom stereocenters. The number of imidazole rings is 1. The van der Waals surface area contributed by atoms with Crippen LogP contribution in [-0.2, 0) is 17.0 Å². The highest BCUT2D eigenvalue weighted by atomic mass is 32.2. The average Bonchev–Trinajstić information content (AvgIpc) is 3.11. The van der Waals surface area contributed by atoms with E-state index in [2.05, 4.69) is 16.7 Å². The number of aromatic nitrogens is 2. The van der Waals surface area contributed by atoms with Gasteiger partial charge in [0, 0.05) is 5.75 Å². The first-order chi connectivity index (χ1) is 14.6. The molecule has 0 aliphatic heterocycles. The van der Waals surface area contributed by atoms with Crippen molar-refractivity contribution in [3.8, 4) is 0 Å². The van der Waals surface area contributed by atoms with Crippen LogP contribution in [0.2, 0.25) is 0 Å². The Morgan fingerprint density at radius 1 is 1.03 bits per heavy atom. The van der Waals surface area contributed by atoms with E-state index in [4.69, 9.17) is 9.72 Å². The number of ether oxygens (including phenoxy) is 1. The van der Waals surface area contributed by atoms with Gasteiger partial charge in [-0.15, -0.1) is 0 Å². The molecule has 1 heterocycles. The van der Waals surface area contributed by atoms with E-state index in [9.17, 15) is 9.18 Å². The fraction of sp³-hybridized carbons (Fsp3) is 0.167. The zero-order chi connectivity index (χ0) is 20.9. The van der Waals surface area contributed by atoms with Gasteiger partial charge in [-0.05, 0) is 48.4 Å². The third kappa shape index (κ3) is 4.54. The highest BCUT2D eigenvalue weighted by Gasteiger charge is 2.15. The maximum Gasteiger partial charge on any atom is 0.338 e. The summed E-state index contributed by atoms with van der Waals surface area (Å²) < 4.78 is 20.5. The number of halogens is 1. The molecule has 0 saturated carbocycles. The van der Waals surface area contributed by atoms with Gasteiger partial charge in [-0.1, -0.05) is 54.2 Å². The van der Waals surface area contributed by atoms with Crippen molar-refractivity contribution in [1.29, 1.82) is 0 Å². The van der Waals surface area contributed by atoms with Crippen LogP contribution < -0.4 is 0 Å². The minimum atomic E-state index is -0.350. The van der Waals surface area contributed by atoms with Crippen LogP contribution in [0.15, 0.2) is 78.0 Å². The van der Waals surface area contributed by atoms with E-state index in [1.165, 1.54) is 12.1 Å². The maximum atomic E-state index is 13.2. The Kier molecular flexibility index (Phi) is 6.14. The molecular formula is C24H21FN2O2S. The second kappa shape index (κ2) is 9.13. The number of esters is 1. The van der Waals surface area contributed by atoms with Gasteiger partial charge in [0.15, 0.2) is 5.16 Å². The molecule has 0 saturated heterocycles. The Hall–Kier alpha value is -3.12. The van der Waals surface area contributed by atoms with Crippen LogP contribution in [0, 0.1) is 5.82 Å². The highest BCUT2D eigenvalue weighted by Crippen LogP contribution is 2.28. The second-order valence-electron chi connectivity index (χ2n) is 6.81. The van der Waals surface area contributed by atoms with Crippen LogP contribution in [0.1, 0.15) is 28.4 Å². The number of fused-ring (bicyclic) bond motifs is 1. The largest absolute Gasteiger partial charge is 0.462 e. The Labute approximate surface area is 178 Å². The van der Waals surface area contributed by atoms with Gasteiger partial charge in [0.05, 0.1) is 29.7 Å². The van der Waals surface area contributed by atoms with Gasteiger partial charge >= 0.3 is 5.97 Å². The molecule has 0 radical (unpaired) electrons. The zero-order valence-corrected chi connectivity index (χ0v) is 17.4. The Balaban J connectivity index is 1.68. The highest BCUT2D eigenvalue weighted by molar-refractivity contribution is 7.98. The first-order valence-corrected chi connectivity index (χ1v) is 10.7. The Morgan fingerprint density at radius 3 is 2.53 bits per heavy atom. The summed E-state index contributed by atoms with van der Waals surface area (Å²) in [7, 11) is 0. The number of rotatable bonds is 7. The zero-order valence-electron chi connectivity index (χ0n) is 16.5. The van der Waals surface area contributed by atoms with E-state index in [0.29, 0.717) is 24.5 Å². The fourth-order valence-corrected chi connectivity index (χ4v) is 4.18. The van der Waals surface area contributed by atoms with E-state index in [0.717, 1.165) is 27.3 Å². The lowest BCUT2D eigenvalue weighted by Gasteiger charge is -2.09. The summed E-state index contributed by atoms with van der Waals surface area (Å²) in [5, 5.41) is 0.846. The summed E-state index contributed by atoms with van der Waals surface area (Å²) >= 11 is 1.59. The third-order valence-corrected chi connectivity index (χ3v) is 5.74. The molecule has 0 spiro atoms. The van der Waals surface area contributed by atoms with Gasteiger partial charge in [0.25, 0.3) is 0 Å². The Morgan fingerprint density at radius 2 is 1.80 bits per heavy atom. The fourth-order valence-electron chi connectivity index (χ4n) is 3.21. The molecule has 0 bridgehead atoms. The van der Waals surface area contributed by atoms with E-state index >= 15 is 0 Å². The number of thioether (sulfide) groups is 1. The normalized spacial score (nSPS) is 11.0. The molecule has 0 aliphatic carbocycles. The van der Waals surface area contributed by atoms with Gasteiger partial charge in [0.2, 0.25) is 0 Å². The summed E-state index contributed by atoms with van der Waals surface area (Å²) in [5.41, 5.74) is 4.37. The molecule has 0 amide bonds. The summed E-state index contributed by atoms with van der Waals surface area (Å²) in [6.45, 7) is 2.79. The molecular weight excluding hydrogens is 399 g/mol. The minimum absolute atomic E-state index is 0.244. The molecule has 152 valence electrons. The molecule has 0 atom stereocenters. The summed E-state index contributed by atoms with van der Waals surface area (Å²) in [5.74, 6) is 0.0763. The molecule has 1 aromatic heterocycles. The monoisotopic (exact) mass is 420 g/mol. The van der Waals surface area contributed by atoms with E-state index in [1.54, 1.807) is 43.0 Å². The Bertz CT molecular complexity index is 1160. The maximum absolute atomic E-state index is 13.2. The molecule has 0 N–H and O–H groups in total.